The van der Waals surface area contributed by atoms with Gasteiger partial charge in [0.15, 0.2) is 6.29 Å². The number of rotatable bonds is 1. The van der Waals surface area contributed by atoms with Crippen LogP contribution >= 0.6 is 0 Å². The Morgan fingerprint density at radius 2 is 2.19 bits per heavy atom. The van der Waals surface area contributed by atoms with Gasteiger partial charge in [0, 0.05) is 23.0 Å². The van der Waals surface area contributed by atoms with E-state index < -0.39 is 6.29 Å². The molecule has 5 nitrogen and oxygen atoms in total. The Balaban J connectivity index is 2.94. The summed E-state index contributed by atoms with van der Waals surface area (Å²) >= 11 is 0. The SMILES string of the molecule is CC1=c2ccc(=O)n(C(C)C)c2=NC(N)N1. The fourth-order valence-corrected chi connectivity index (χ4v) is 1.93. The number of pyridine rings is 1. The van der Waals surface area contributed by atoms with Crippen LogP contribution in [-0.4, -0.2) is 10.9 Å². The second kappa shape index (κ2) is 3.75. The average molecular weight is 220 g/mol. The molecule has 1 atom stereocenters. The summed E-state index contributed by atoms with van der Waals surface area (Å²) in [6.45, 7) is 5.85. The third kappa shape index (κ3) is 1.63. The first-order valence-electron chi connectivity index (χ1n) is 5.33. The van der Waals surface area contributed by atoms with E-state index in [0.29, 0.717) is 5.49 Å². The van der Waals surface area contributed by atoms with E-state index in [1.165, 1.54) is 0 Å². The highest BCUT2D eigenvalue weighted by Gasteiger charge is 2.11. The van der Waals surface area contributed by atoms with Crippen LogP contribution in [-0.2, 0) is 0 Å². The third-order valence-electron chi connectivity index (χ3n) is 2.65. The summed E-state index contributed by atoms with van der Waals surface area (Å²) < 4.78 is 1.67. The van der Waals surface area contributed by atoms with Gasteiger partial charge in [0.2, 0.25) is 0 Å². The van der Waals surface area contributed by atoms with Crippen molar-refractivity contribution in [2.45, 2.75) is 33.1 Å². The lowest BCUT2D eigenvalue weighted by Gasteiger charge is -2.19. The van der Waals surface area contributed by atoms with Gasteiger partial charge in [-0.15, -0.1) is 0 Å². The van der Waals surface area contributed by atoms with E-state index in [-0.39, 0.29) is 11.6 Å². The number of fused-ring (bicyclic) bond motifs is 1. The van der Waals surface area contributed by atoms with Crippen molar-refractivity contribution < 1.29 is 0 Å². The largest absolute Gasteiger partial charge is 0.355 e. The maximum Gasteiger partial charge on any atom is 0.252 e. The summed E-state index contributed by atoms with van der Waals surface area (Å²) in [4.78, 5) is 16.1. The first-order valence-corrected chi connectivity index (χ1v) is 5.33. The number of hydrogen-bond donors (Lipinski definition) is 2. The van der Waals surface area contributed by atoms with Gasteiger partial charge in [0.05, 0.1) is 0 Å². The van der Waals surface area contributed by atoms with Crippen LogP contribution in [0, 0.1) is 0 Å². The third-order valence-corrected chi connectivity index (χ3v) is 2.65. The molecule has 1 aliphatic heterocycles. The number of nitrogens with zero attached hydrogens (tertiary/aromatic N) is 2. The van der Waals surface area contributed by atoms with Crippen molar-refractivity contribution in [2.75, 3.05) is 0 Å². The highest BCUT2D eigenvalue weighted by molar-refractivity contribution is 5.39. The van der Waals surface area contributed by atoms with Gasteiger partial charge in [0.25, 0.3) is 5.56 Å². The van der Waals surface area contributed by atoms with Crippen LogP contribution in [0.2, 0.25) is 0 Å². The van der Waals surface area contributed by atoms with E-state index in [9.17, 15) is 4.79 Å². The molecule has 0 saturated carbocycles. The van der Waals surface area contributed by atoms with Gasteiger partial charge < -0.3 is 5.32 Å². The molecule has 1 aromatic rings. The van der Waals surface area contributed by atoms with E-state index in [4.69, 9.17) is 5.73 Å². The zero-order valence-corrected chi connectivity index (χ0v) is 9.69. The van der Waals surface area contributed by atoms with Crippen molar-refractivity contribution in [1.29, 1.82) is 0 Å². The quantitative estimate of drug-likeness (QED) is 0.639. The summed E-state index contributed by atoms with van der Waals surface area (Å²) in [6, 6.07) is 3.43. The molecule has 0 bridgehead atoms. The summed E-state index contributed by atoms with van der Waals surface area (Å²) in [5.74, 6) is 0. The highest BCUT2D eigenvalue weighted by atomic mass is 16.1. The summed E-state index contributed by atoms with van der Waals surface area (Å²) in [7, 11) is 0. The Labute approximate surface area is 93.3 Å². The topological polar surface area (TPSA) is 72.4 Å². The van der Waals surface area contributed by atoms with Gasteiger partial charge in [-0.3, -0.25) is 15.1 Å². The molecule has 0 aromatic carbocycles. The molecule has 0 radical (unpaired) electrons. The molecule has 3 N–H and O–H groups in total. The summed E-state index contributed by atoms with van der Waals surface area (Å²) in [6.07, 6.45) is -0.473. The second-order valence-corrected chi connectivity index (χ2v) is 4.22. The van der Waals surface area contributed by atoms with Crippen LogP contribution in [0.25, 0.3) is 5.70 Å². The lowest BCUT2D eigenvalue weighted by Crippen LogP contribution is -2.53. The molecule has 16 heavy (non-hydrogen) atoms. The molecule has 0 fully saturated rings. The van der Waals surface area contributed by atoms with E-state index in [1.807, 2.05) is 20.8 Å². The van der Waals surface area contributed by atoms with Gasteiger partial charge in [-0.1, -0.05) is 0 Å². The van der Waals surface area contributed by atoms with Crippen molar-refractivity contribution in [3.05, 3.63) is 33.2 Å². The Morgan fingerprint density at radius 1 is 1.50 bits per heavy atom. The molecule has 5 heteroatoms. The molecule has 1 unspecified atom stereocenters. The molecule has 1 aliphatic rings. The maximum atomic E-state index is 11.8. The van der Waals surface area contributed by atoms with Gasteiger partial charge in [0.1, 0.15) is 5.49 Å². The Hall–Kier alpha value is -1.62. The van der Waals surface area contributed by atoms with Crippen molar-refractivity contribution in [3.63, 3.8) is 0 Å². The minimum Gasteiger partial charge on any atom is -0.355 e. The predicted octanol–water partition coefficient (Wildman–Crippen LogP) is -0.978. The number of aromatic nitrogens is 1. The van der Waals surface area contributed by atoms with Gasteiger partial charge in [-0.05, 0) is 26.8 Å². The molecule has 0 amide bonds. The van der Waals surface area contributed by atoms with Gasteiger partial charge in [-0.2, -0.15) is 0 Å². The van der Waals surface area contributed by atoms with Crippen molar-refractivity contribution >= 4 is 5.70 Å². The van der Waals surface area contributed by atoms with Crippen LogP contribution in [0.5, 0.6) is 0 Å². The molecular weight excluding hydrogens is 204 g/mol. The lowest BCUT2D eigenvalue weighted by molar-refractivity contribution is 0.515. The Kier molecular flexibility index (Phi) is 2.55. The van der Waals surface area contributed by atoms with E-state index in [2.05, 4.69) is 10.3 Å². The zero-order chi connectivity index (χ0) is 11.9. The monoisotopic (exact) mass is 220 g/mol. The molecular formula is C11H16N4O. The smallest absolute Gasteiger partial charge is 0.252 e. The fourth-order valence-electron chi connectivity index (χ4n) is 1.93. The predicted molar refractivity (Wildman–Crippen MR) is 62.1 cm³/mol. The lowest BCUT2D eigenvalue weighted by atomic mass is 10.2. The summed E-state index contributed by atoms with van der Waals surface area (Å²) in [5, 5.41) is 3.97. The van der Waals surface area contributed by atoms with Crippen LogP contribution in [0.4, 0.5) is 0 Å². The minimum atomic E-state index is -0.473. The fraction of sp³-hybridized carbons (Fsp3) is 0.455. The Morgan fingerprint density at radius 3 is 2.81 bits per heavy atom. The van der Waals surface area contributed by atoms with Crippen molar-refractivity contribution in [1.82, 2.24) is 9.88 Å². The van der Waals surface area contributed by atoms with Crippen molar-refractivity contribution in [3.8, 4) is 0 Å². The number of nitrogens with one attached hydrogen (secondary N) is 1. The minimum absolute atomic E-state index is 0.0422. The molecule has 2 heterocycles. The van der Waals surface area contributed by atoms with Crippen LogP contribution in [0.1, 0.15) is 26.8 Å². The number of nitrogens with two attached hydrogens (primary N) is 1. The standard InChI is InChI=1S/C11H16N4O/c1-6(2)15-9(16)5-4-8-7(3)13-11(12)14-10(8)15/h4-6,11,13H,12H2,1-3H3. The van der Waals surface area contributed by atoms with E-state index in [0.717, 1.165) is 10.9 Å². The van der Waals surface area contributed by atoms with Crippen LogP contribution < -0.4 is 27.3 Å². The van der Waals surface area contributed by atoms with Crippen LogP contribution in [0.3, 0.4) is 0 Å². The molecule has 86 valence electrons. The van der Waals surface area contributed by atoms with Gasteiger partial charge in [-0.25, -0.2) is 4.99 Å². The van der Waals surface area contributed by atoms with E-state index in [1.54, 1.807) is 16.7 Å². The first kappa shape index (κ1) is 10.9. The molecule has 0 aliphatic carbocycles. The first-order chi connectivity index (χ1) is 7.50. The normalized spacial score (nSPS) is 19.1. The van der Waals surface area contributed by atoms with E-state index >= 15 is 0 Å². The zero-order valence-electron chi connectivity index (χ0n) is 9.69. The highest BCUT2D eigenvalue weighted by Crippen LogP contribution is 1.95. The van der Waals surface area contributed by atoms with Gasteiger partial charge >= 0.3 is 0 Å². The second-order valence-electron chi connectivity index (χ2n) is 4.22. The summed E-state index contributed by atoms with van der Waals surface area (Å²) in [5.41, 5.74) is 7.33. The Bertz CT molecular complexity index is 585. The average Bonchev–Trinajstić information content (AvgIpc) is 2.15. The van der Waals surface area contributed by atoms with Crippen molar-refractivity contribution in [2.24, 2.45) is 10.7 Å². The molecule has 0 spiro atoms. The molecule has 1 aromatic heterocycles. The molecule has 0 saturated heterocycles. The van der Waals surface area contributed by atoms with Crippen LogP contribution in [0.15, 0.2) is 21.9 Å². The number of hydrogen-bond acceptors (Lipinski definition) is 4. The molecule has 2 rings (SSSR count). The maximum absolute atomic E-state index is 11.8.